The van der Waals surface area contributed by atoms with Crippen LogP contribution in [0.2, 0.25) is 0 Å². The Labute approximate surface area is 178 Å². The number of aryl methyl sites for hydroxylation is 1. The van der Waals surface area contributed by atoms with E-state index in [1.807, 2.05) is 0 Å². The normalized spacial score (nSPS) is 13.4. The Morgan fingerprint density at radius 2 is 1.90 bits per heavy atom. The molecule has 0 aliphatic rings. The summed E-state index contributed by atoms with van der Waals surface area (Å²) in [5, 5.41) is 6.40. The van der Waals surface area contributed by atoms with Crippen LogP contribution in [-0.2, 0) is 17.6 Å². The molecule has 1 heterocycles. The van der Waals surface area contributed by atoms with E-state index in [-0.39, 0.29) is 5.91 Å². The Balaban J connectivity index is 2.17. The van der Waals surface area contributed by atoms with Crippen molar-refractivity contribution in [1.29, 1.82) is 0 Å². The van der Waals surface area contributed by atoms with Crippen molar-refractivity contribution in [2.24, 2.45) is 17.4 Å². The molecule has 29 heavy (non-hydrogen) atoms. The van der Waals surface area contributed by atoms with Crippen LogP contribution in [0.5, 0.6) is 0 Å². The second-order valence-electron chi connectivity index (χ2n) is 8.26. The second kappa shape index (κ2) is 15.5. The van der Waals surface area contributed by atoms with E-state index in [9.17, 15) is 4.79 Å². The van der Waals surface area contributed by atoms with Crippen LogP contribution in [0, 0.1) is 12.8 Å². The van der Waals surface area contributed by atoms with Crippen molar-refractivity contribution in [1.82, 2.24) is 15.6 Å². The fourth-order valence-electron chi connectivity index (χ4n) is 3.66. The van der Waals surface area contributed by atoms with Crippen LogP contribution in [0.15, 0.2) is 6.20 Å². The minimum absolute atomic E-state index is 0.0660. The molecule has 1 aromatic heterocycles. The molecule has 0 fully saturated rings. The van der Waals surface area contributed by atoms with Gasteiger partial charge in [-0.2, -0.15) is 0 Å². The first-order chi connectivity index (χ1) is 14.0. The van der Waals surface area contributed by atoms with E-state index in [4.69, 9.17) is 11.5 Å². The number of nitrogens with one attached hydrogen (secondary N) is 3. The highest BCUT2D eigenvalue weighted by Gasteiger charge is 2.14. The van der Waals surface area contributed by atoms with Crippen LogP contribution in [0.3, 0.4) is 0 Å². The van der Waals surface area contributed by atoms with Crippen LogP contribution in [0.1, 0.15) is 75.6 Å². The molecule has 7 N–H and O–H groups in total. The summed E-state index contributed by atoms with van der Waals surface area (Å²) in [7, 11) is 0. The van der Waals surface area contributed by atoms with Crippen LogP contribution in [-0.4, -0.2) is 43.1 Å². The van der Waals surface area contributed by atoms with E-state index in [1.165, 1.54) is 48.9 Å². The van der Waals surface area contributed by atoms with E-state index >= 15 is 0 Å². The number of unbranched alkanes of at least 4 members (excludes halogenated alkanes) is 3. The zero-order chi connectivity index (χ0) is 21.5. The average Bonchev–Trinajstić information content (AvgIpc) is 3.06. The standard InChI is InChI=1S/C23H45N5O/c1-4-6-7-8-10-19(15-24)16-26-13-12-21(25)23(29)27-14-11-20-17-28-22(9-5-2)18(20)3/h17,19,21,26,28H,4-16,24-25H2,1-3H3,(H,27,29). The van der Waals surface area contributed by atoms with Crippen LogP contribution in [0.4, 0.5) is 0 Å². The van der Waals surface area contributed by atoms with Crippen molar-refractivity contribution in [3.05, 3.63) is 23.0 Å². The van der Waals surface area contributed by atoms with Gasteiger partial charge in [-0.1, -0.05) is 46.0 Å². The predicted molar refractivity (Wildman–Crippen MR) is 123 cm³/mol. The van der Waals surface area contributed by atoms with Crippen LogP contribution in [0.25, 0.3) is 0 Å². The summed E-state index contributed by atoms with van der Waals surface area (Å²) in [6.07, 6.45) is 12.0. The summed E-state index contributed by atoms with van der Waals surface area (Å²) in [6, 6.07) is -0.466. The van der Waals surface area contributed by atoms with Crippen molar-refractivity contribution in [2.75, 3.05) is 26.2 Å². The fourth-order valence-corrected chi connectivity index (χ4v) is 3.66. The summed E-state index contributed by atoms with van der Waals surface area (Å²) < 4.78 is 0. The highest BCUT2D eigenvalue weighted by molar-refractivity contribution is 5.81. The molecule has 2 unspecified atom stereocenters. The molecule has 0 aromatic carbocycles. The van der Waals surface area contributed by atoms with E-state index in [2.05, 4.69) is 42.6 Å². The van der Waals surface area contributed by atoms with Gasteiger partial charge in [-0.05, 0) is 69.3 Å². The molecule has 0 radical (unpaired) electrons. The van der Waals surface area contributed by atoms with Gasteiger partial charge in [0.2, 0.25) is 5.91 Å². The third-order valence-electron chi connectivity index (χ3n) is 5.75. The summed E-state index contributed by atoms with van der Waals surface area (Å²) in [5.41, 5.74) is 15.8. The number of aromatic amines is 1. The zero-order valence-electron chi connectivity index (χ0n) is 19.0. The molecule has 0 spiro atoms. The molecule has 0 saturated carbocycles. The summed E-state index contributed by atoms with van der Waals surface area (Å²) in [6.45, 7) is 9.54. The molecule has 6 nitrogen and oxygen atoms in total. The molecule has 0 aliphatic heterocycles. The van der Waals surface area contributed by atoms with Gasteiger partial charge in [-0.15, -0.1) is 0 Å². The highest BCUT2D eigenvalue weighted by Crippen LogP contribution is 2.14. The Bertz CT molecular complexity index is 557. The molecular formula is C23H45N5O. The topological polar surface area (TPSA) is 109 Å². The van der Waals surface area contributed by atoms with Crippen molar-refractivity contribution >= 4 is 5.91 Å². The maximum Gasteiger partial charge on any atom is 0.236 e. The molecule has 168 valence electrons. The van der Waals surface area contributed by atoms with Crippen molar-refractivity contribution in [3.63, 3.8) is 0 Å². The SMILES string of the molecule is CCCCCCC(CN)CNCCC(N)C(=O)NCCc1c[nH]c(CCC)c1C. The zero-order valence-corrected chi connectivity index (χ0v) is 19.0. The number of amides is 1. The van der Waals surface area contributed by atoms with Gasteiger partial charge in [-0.3, -0.25) is 4.79 Å². The van der Waals surface area contributed by atoms with E-state index in [0.29, 0.717) is 25.4 Å². The molecule has 6 heteroatoms. The van der Waals surface area contributed by atoms with E-state index < -0.39 is 6.04 Å². The molecule has 1 rings (SSSR count). The summed E-state index contributed by atoms with van der Waals surface area (Å²) >= 11 is 0. The smallest absolute Gasteiger partial charge is 0.236 e. The van der Waals surface area contributed by atoms with E-state index in [0.717, 1.165) is 32.4 Å². The predicted octanol–water partition coefficient (Wildman–Crippen LogP) is 2.79. The Morgan fingerprint density at radius 1 is 1.10 bits per heavy atom. The van der Waals surface area contributed by atoms with Crippen molar-refractivity contribution < 1.29 is 4.79 Å². The van der Waals surface area contributed by atoms with Gasteiger partial charge >= 0.3 is 0 Å². The maximum atomic E-state index is 12.2. The minimum Gasteiger partial charge on any atom is -0.364 e. The minimum atomic E-state index is -0.466. The first-order valence-electron chi connectivity index (χ1n) is 11.6. The summed E-state index contributed by atoms with van der Waals surface area (Å²) in [4.78, 5) is 15.6. The molecular weight excluding hydrogens is 362 g/mol. The second-order valence-corrected chi connectivity index (χ2v) is 8.26. The molecule has 1 aromatic rings. The van der Waals surface area contributed by atoms with Gasteiger partial charge in [0.1, 0.15) is 0 Å². The van der Waals surface area contributed by atoms with Crippen molar-refractivity contribution in [3.8, 4) is 0 Å². The number of rotatable bonds is 17. The lowest BCUT2D eigenvalue weighted by atomic mass is 10.0. The number of hydrogen-bond donors (Lipinski definition) is 5. The lowest BCUT2D eigenvalue weighted by Gasteiger charge is -2.17. The van der Waals surface area contributed by atoms with E-state index in [1.54, 1.807) is 0 Å². The van der Waals surface area contributed by atoms with Crippen LogP contribution < -0.4 is 22.1 Å². The quantitative estimate of drug-likeness (QED) is 0.256. The van der Waals surface area contributed by atoms with Gasteiger partial charge in [0, 0.05) is 18.4 Å². The Hall–Kier alpha value is -1.37. The number of nitrogens with two attached hydrogens (primary N) is 2. The first-order valence-corrected chi connectivity index (χ1v) is 11.6. The molecule has 1 amide bonds. The fraction of sp³-hybridized carbons (Fsp3) is 0.783. The number of H-pyrrole nitrogens is 1. The van der Waals surface area contributed by atoms with Gasteiger partial charge in [-0.25, -0.2) is 0 Å². The number of carbonyl (C=O) groups excluding carboxylic acids is 1. The highest BCUT2D eigenvalue weighted by atomic mass is 16.2. The molecule has 0 saturated heterocycles. The third-order valence-corrected chi connectivity index (χ3v) is 5.75. The van der Waals surface area contributed by atoms with Crippen LogP contribution >= 0.6 is 0 Å². The molecule has 0 aliphatic carbocycles. The average molecular weight is 408 g/mol. The Morgan fingerprint density at radius 3 is 2.59 bits per heavy atom. The number of aromatic nitrogens is 1. The van der Waals surface area contributed by atoms with Gasteiger partial charge in [0.25, 0.3) is 0 Å². The number of carbonyl (C=O) groups is 1. The Kier molecular flexibility index (Phi) is 13.7. The molecule has 2 atom stereocenters. The largest absolute Gasteiger partial charge is 0.364 e. The monoisotopic (exact) mass is 407 g/mol. The van der Waals surface area contributed by atoms with Crippen molar-refractivity contribution in [2.45, 2.75) is 84.6 Å². The molecule has 0 bridgehead atoms. The summed E-state index contributed by atoms with van der Waals surface area (Å²) in [5.74, 6) is 0.447. The first kappa shape index (κ1) is 25.7. The maximum absolute atomic E-state index is 12.2. The van der Waals surface area contributed by atoms with Gasteiger partial charge in [0.15, 0.2) is 0 Å². The third kappa shape index (κ3) is 10.3. The lowest BCUT2D eigenvalue weighted by molar-refractivity contribution is -0.122. The number of hydrogen-bond acceptors (Lipinski definition) is 4. The lowest BCUT2D eigenvalue weighted by Crippen LogP contribution is -2.43. The van der Waals surface area contributed by atoms with Gasteiger partial charge in [0.05, 0.1) is 6.04 Å². The van der Waals surface area contributed by atoms with Gasteiger partial charge < -0.3 is 27.1 Å².